The quantitative estimate of drug-likeness (QED) is 0.188. The molecule has 11 nitrogen and oxygen atoms in total. The topological polar surface area (TPSA) is 151 Å². The van der Waals surface area contributed by atoms with Crippen LogP contribution in [0, 0.1) is 6.92 Å². The first-order valence-corrected chi connectivity index (χ1v) is 15.3. The van der Waals surface area contributed by atoms with Crippen molar-refractivity contribution in [3.8, 4) is 11.4 Å². The largest absolute Gasteiger partial charge is 0.497 e. The van der Waals surface area contributed by atoms with Gasteiger partial charge in [-0.3, -0.25) is 19.1 Å². The van der Waals surface area contributed by atoms with E-state index in [9.17, 15) is 19.6 Å². The van der Waals surface area contributed by atoms with Crippen LogP contribution in [0.1, 0.15) is 35.3 Å². The average molecular weight is 653 g/mol. The summed E-state index contributed by atoms with van der Waals surface area (Å²) >= 11 is 6.02. The van der Waals surface area contributed by atoms with Crippen LogP contribution in [0.25, 0.3) is 16.5 Å². The second-order valence-electron chi connectivity index (χ2n) is 10.9. The zero-order chi connectivity index (χ0) is 33.5. The molecule has 0 saturated heterocycles. The number of halogens is 1. The molecule has 4 aromatic carbocycles. The summed E-state index contributed by atoms with van der Waals surface area (Å²) in [5, 5.41) is 34.6. The van der Waals surface area contributed by atoms with E-state index in [2.05, 4.69) is 20.8 Å². The van der Waals surface area contributed by atoms with Gasteiger partial charge in [0.15, 0.2) is 5.82 Å². The van der Waals surface area contributed by atoms with E-state index in [0.717, 1.165) is 56.3 Å². The molecule has 0 bridgehead atoms. The first-order valence-electron chi connectivity index (χ1n) is 14.9. The summed E-state index contributed by atoms with van der Waals surface area (Å²) in [6.07, 6.45) is 0.673. The molecule has 5 aromatic rings. The lowest BCUT2D eigenvalue weighted by Crippen LogP contribution is -2.36. The minimum absolute atomic E-state index is 0.0146. The maximum Gasteiger partial charge on any atom is 0.488 e. The van der Waals surface area contributed by atoms with Crippen molar-refractivity contribution >= 4 is 52.5 Å². The fourth-order valence-corrected chi connectivity index (χ4v) is 5.31. The van der Waals surface area contributed by atoms with Gasteiger partial charge in [0.1, 0.15) is 18.1 Å². The fraction of sp³-hybridized carbons (Fsp3) is 0.206. The zero-order valence-electron chi connectivity index (χ0n) is 26.2. The van der Waals surface area contributed by atoms with Crippen molar-refractivity contribution in [3.05, 3.63) is 112 Å². The monoisotopic (exact) mass is 652 g/mol. The van der Waals surface area contributed by atoms with Crippen LogP contribution in [0.4, 0.5) is 0 Å². The average Bonchev–Trinajstić information content (AvgIpc) is 3.35. The van der Waals surface area contributed by atoms with Crippen LogP contribution < -0.4 is 20.8 Å². The number of hydrogen-bond donors (Lipinski definition) is 4. The van der Waals surface area contributed by atoms with Crippen molar-refractivity contribution in [2.24, 2.45) is 4.99 Å². The van der Waals surface area contributed by atoms with Crippen LogP contribution in [0.5, 0.6) is 5.75 Å². The molecular formula is C34H34BClN6O5. The molecule has 0 atom stereocenters. The van der Waals surface area contributed by atoms with E-state index in [1.165, 1.54) is 6.92 Å². The number of benzene rings is 4. The van der Waals surface area contributed by atoms with Crippen molar-refractivity contribution in [2.75, 3.05) is 20.2 Å². The third-order valence-corrected chi connectivity index (χ3v) is 7.80. The van der Waals surface area contributed by atoms with E-state index >= 15 is 0 Å². The Morgan fingerprint density at radius 2 is 1.70 bits per heavy atom. The molecule has 0 fully saturated rings. The number of nitrogens with one attached hydrogen (secondary N) is 2. The summed E-state index contributed by atoms with van der Waals surface area (Å²) in [5.74, 6) is 1.99. The number of nitrogens with zero attached hydrogens (tertiary/aromatic N) is 4. The van der Waals surface area contributed by atoms with Crippen LogP contribution in [-0.2, 0) is 22.6 Å². The molecule has 0 aliphatic carbocycles. The van der Waals surface area contributed by atoms with E-state index in [4.69, 9.17) is 21.3 Å². The molecule has 0 radical (unpaired) electrons. The lowest BCUT2D eigenvalue weighted by molar-refractivity contribution is -0.125. The van der Waals surface area contributed by atoms with Crippen molar-refractivity contribution in [3.63, 3.8) is 0 Å². The van der Waals surface area contributed by atoms with Crippen LogP contribution in [-0.4, -0.2) is 69.7 Å². The second-order valence-corrected chi connectivity index (χ2v) is 11.3. The number of aryl methyl sites for hydroxylation is 1. The number of carbonyl (C=O) groups excluding carboxylic acids is 2. The third kappa shape index (κ3) is 8.22. The summed E-state index contributed by atoms with van der Waals surface area (Å²) in [5.41, 5.74) is 5.40. The molecule has 13 heteroatoms. The number of hydrogen-bond acceptors (Lipinski definition) is 8. The normalized spacial score (nSPS) is 11.7. The van der Waals surface area contributed by atoms with E-state index in [1.54, 1.807) is 19.2 Å². The van der Waals surface area contributed by atoms with Crippen LogP contribution in [0.2, 0.25) is 5.02 Å². The number of fused-ring (bicyclic) bond motifs is 4. The van der Waals surface area contributed by atoms with Crippen molar-refractivity contribution in [2.45, 2.75) is 26.8 Å². The number of methoxy groups -OCH3 is 1. The zero-order valence-corrected chi connectivity index (χ0v) is 27.0. The lowest BCUT2D eigenvalue weighted by Gasteiger charge is -2.14. The minimum atomic E-state index is -1.47. The standard InChI is InChI=1S/C18H15ClN4O.C16H19BN2O4/c1-11-21-22-17-10-20-18(12-3-5-13(19)6-4-12)15-9-14(24-2)7-8-16(15)23(11)17;1-11(20)19-10-16(21)18-7-6-12-2-3-14-9-15(17(22)23)5-4-13(14)8-12/h3-9H,10H2,1-2H3;2-5,8-9,22-23H,6-7,10H2,1H3,(H,18,21)(H,19,20). The molecule has 47 heavy (non-hydrogen) atoms. The van der Waals surface area contributed by atoms with E-state index in [-0.39, 0.29) is 18.4 Å². The van der Waals surface area contributed by atoms with Gasteiger partial charge >= 0.3 is 7.12 Å². The molecule has 0 saturated carbocycles. The van der Waals surface area contributed by atoms with Gasteiger partial charge in [-0.15, -0.1) is 10.2 Å². The van der Waals surface area contributed by atoms with Gasteiger partial charge in [0, 0.05) is 29.6 Å². The highest BCUT2D eigenvalue weighted by Gasteiger charge is 2.22. The number of ether oxygens (including phenoxy) is 1. The van der Waals surface area contributed by atoms with E-state index in [0.29, 0.717) is 30.0 Å². The minimum Gasteiger partial charge on any atom is -0.497 e. The Bertz CT molecular complexity index is 1940. The van der Waals surface area contributed by atoms with Gasteiger partial charge in [0.2, 0.25) is 11.8 Å². The predicted octanol–water partition coefficient (Wildman–Crippen LogP) is 2.90. The van der Waals surface area contributed by atoms with Gasteiger partial charge in [0.05, 0.1) is 25.1 Å². The SMILES string of the molecule is CC(=O)NCC(=O)NCCc1ccc2cc(B(O)O)ccc2c1.COc1ccc2c(c1)C(c1ccc(Cl)cc1)=NCc1nnc(C)n1-2. The Morgan fingerprint density at radius 1 is 0.957 bits per heavy atom. The maximum atomic E-state index is 11.5. The highest BCUT2D eigenvalue weighted by atomic mass is 35.5. The molecular weight excluding hydrogens is 619 g/mol. The van der Waals surface area contributed by atoms with Crippen molar-refractivity contribution in [1.82, 2.24) is 25.4 Å². The third-order valence-electron chi connectivity index (χ3n) is 7.55. The van der Waals surface area contributed by atoms with E-state index in [1.807, 2.05) is 78.2 Å². The lowest BCUT2D eigenvalue weighted by atomic mass is 9.79. The Labute approximate surface area is 277 Å². The summed E-state index contributed by atoms with van der Waals surface area (Å²) < 4.78 is 7.45. The van der Waals surface area contributed by atoms with Crippen LogP contribution in [0.15, 0.2) is 83.9 Å². The molecule has 1 aromatic heterocycles. The summed E-state index contributed by atoms with van der Waals surface area (Å²) in [6, 6.07) is 24.7. The molecule has 0 unspecified atom stereocenters. The van der Waals surface area contributed by atoms with Gasteiger partial charge in [0.25, 0.3) is 0 Å². The molecule has 2 heterocycles. The maximum absolute atomic E-state index is 11.5. The first kappa shape index (κ1) is 33.3. The molecule has 1 aliphatic rings. The Hall–Kier alpha value is -5.04. The highest BCUT2D eigenvalue weighted by Crippen LogP contribution is 2.29. The number of rotatable bonds is 8. The van der Waals surface area contributed by atoms with Crippen LogP contribution in [0.3, 0.4) is 0 Å². The van der Waals surface area contributed by atoms with Crippen LogP contribution >= 0.6 is 11.6 Å². The van der Waals surface area contributed by atoms with Gasteiger partial charge in [-0.1, -0.05) is 60.1 Å². The second kappa shape index (κ2) is 15.0. The first-order chi connectivity index (χ1) is 22.6. The molecule has 240 valence electrons. The van der Waals surface area contributed by atoms with E-state index < -0.39 is 7.12 Å². The Balaban J connectivity index is 0.000000185. The molecule has 2 amide bonds. The molecule has 4 N–H and O–H groups in total. The summed E-state index contributed by atoms with van der Waals surface area (Å²) in [7, 11) is 0.186. The Morgan fingerprint density at radius 3 is 2.43 bits per heavy atom. The highest BCUT2D eigenvalue weighted by molar-refractivity contribution is 6.58. The fourth-order valence-electron chi connectivity index (χ4n) is 5.18. The van der Waals surface area contributed by atoms with Gasteiger partial charge in [-0.05, 0) is 65.5 Å². The summed E-state index contributed by atoms with van der Waals surface area (Å²) in [6.45, 7) is 4.24. The number of amides is 2. The number of carbonyl (C=O) groups is 2. The number of aliphatic imine (C=N–C) groups is 1. The van der Waals surface area contributed by atoms with Gasteiger partial charge in [-0.25, -0.2) is 0 Å². The van der Waals surface area contributed by atoms with Crippen molar-refractivity contribution in [1.29, 1.82) is 0 Å². The number of aromatic nitrogens is 3. The van der Waals surface area contributed by atoms with Gasteiger partial charge < -0.3 is 25.4 Å². The molecule has 0 spiro atoms. The Kier molecular flexibility index (Phi) is 10.7. The smallest absolute Gasteiger partial charge is 0.488 e. The van der Waals surface area contributed by atoms with Gasteiger partial charge in [-0.2, -0.15) is 0 Å². The molecule has 1 aliphatic heterocycles. The predicted molar refractivity (Wildman–Crippen MR) is 183 cm³/mol. The summed E-state index contributed by atoms with van der Waals surface area (Å²) in [4.78, 5) is 27.0. The van der Waals surface area contributed by atoms with Crippen molar-refractivity contribution < 1.29 is 24.4 Å². The molecule has 6 rings (SSSR count).